The molecule has 2 rings (SSSR count). The highest BCUT2D eigenvalue weighted by atomic mass is 32.1. The summed E-state index contributed by atoms with van der Waals surface area (Å²) in [6.45, 7) is 4.39. The number of hydrogen-bond donors (Lipinski definition) is 0. The molecule has 0 fully saturated rings. The van der Waals surface area contributed by atoms with Crippen LogP contribution in [-0.2, 0) is 4.74 Å². The van der Waals surface area contributed by atoms with Crippen LogP contribution in [0.5, 0.6) is 0 Å². The zero-order valence-electron chi connectivity index (χ0n) is 10.6. The standard InChI is InChI=1S/C15H16O2S/c1-3-17-14(12-7-5-4-6-8-12)13(16)15-11(2)9-10-18-15/h4-10,14H,3H2,1-2H3. The summed E-state index contributed by atoms with van der Waals surface area (Å²) in [4.78, 5) is 13.3. The number of rotatable bonds is 5. The van der Waals surface area contributed by atoms with E-state index in [-0.39, 0.29) is 5.78 Å². The van der Waals surface area contributed by atoms with Crippen LogP contribution in [0.1, 0.15) is 33.8 Å². The van der Waals surface area contributed by atoms with E-state index in [4.69, 9.17) is 4.74 Å². The van der Waals surface area contributed by atoms with Crippen LogP contribution in [0.2, 0.25) is 0 Å². The van der Waals surface area contributed by atoms with Gasteiger partial charge in [0.1, 0.15) is 6.10 Å². The van der Waals surface area contributed by atoms with Gasteiger partial charge >= 0.3 is 0 Å². The van der Waals surface area contributed by atoms with E-state index < -0.39 is 6.10 Å². The van der Waals surface area contributed by atoms with E-state index in [2.05, 4.69) is 0 Å². The van der Waals surface area contributed by atoms with Crippen molar-refractivity contribution in [1.82, 2.24) is 0 Å². The second-order valence-corrected chi connectivity index (χ2v) is 4.96. The van der Waals surface area contributed by atoms with Gasteiger partial charge in [0.2, 0.25) is 5.78 Å². The summed E-state index contributed by atoms with van der Waals surface area (Å²) in [6, 6.07) is 11.6. The number of carbonyl (C=O) groups excluding carboxylic acids is 1. The molecule has 2 aromatic rings. The van der Waals surface area contributed by atoms with E-state index in [9.17, 15) is 4.79 Å². The molecule has 0 amide bonds. The van der Waals surface area contributed by atoms with Gasteiger partial charge in [-0.2, -0.15) is 0 Å². The molecule has 0 saturated carbocycles. The molecular formula is C15H16O2S. The fourth-order valence-corrected chi connectivity index (χ4v) is 2.75. The first kappa shape index (κ1) is 13.0. The molecule has 0 N–H and O–H groups in total. The Bertz CT molecular complexity index is 516. The van der Waals surface area contributed by atoms with Gasteiger partial charge in [-0.05, 0) is 36.4 Å². The molecule has 0 aliphatic rings. The van der Waals surface area contributed by atoms with E-state index in [1.165, 1.54) is 11.3 Å². The average Bonchev–Trinajstić information content (AvgIpc) is 2.82. The number of hydrogen-bond acceptors (Lipinski definition) is 3. The Hall–Kier alpha value is -1.45. The quantitative estimate of drug-likeness (QED) is 0.759. The summed E-state index contributed by atoms with van der Waals surface area (Å²) in [5.74, 6) is 0.0514. The molecule has 0 aliphatic heterocycles. The number of aryl methyl sites for hydroxylation is 1. The molecule has 2 nitrogen and oxygen atoms in total. The molecule has 1 aromatic carbocycles. The molecule has 0 radical (unpaired) electrons. The molecule has 0 bridgehead atoms. The molecule has 1 aromatic heterocycles. The van der Waals surface area contributed by atoms with Crippen LogP contribution < -0.4 is 0 Å². The summed E-state index contributed by atoms with van der Waals surface area (Å²) in [6.07, 6.45) is -0.492. The van der Waals surface area contributed by atoms with Crippen LogP contribution in [0.15, 0.2) is 41.8 Å². The third-order valence-electron chi connectivity index (χ3n) is 2.76. The smallest absolute Gasteiger partial charge is 0.206 e. The van der Waals surface area contributed by atoms with Crippen molar-refractivity contribution in [2.75, 3.05) is 6.61 Å². The topological polar surface area (TPSA) is 26.3 Å². The van der Waals surface area contributed by atoms with Gasteiger partial charge in [-0.3, -0.25) is 4.79 Å². The van der Waals surface area contributed by atoms with Crippen LogP contribution in [0, 0.1) is 6.92 Å². The lowest BCUT2D eigenvalue weighted by atomic mass is 10.0. The molecule has 1 unspecified atom stereocenters. The predicted octanol–water partition coefficient (Wildman–Crippen LogP) is 4.02. The van der Waals surface area contributed by atoms with Crippen molar-refractivity contribution in [3.63, 3.8) is 0 Å². The maximum absolute atomic E-state index is 12.5. The van der Waals surface area contributed by atoms with Gasteiger partial charge in [0, 0.05) is 6.61 Å². The zero-order chi connectivity index (χ0) is 13.0. The number of ketones is 1. The Morgan fingerprint density at radius 3 is 2.56 bits per heavy atom. The average molecular weight is 260 g/mol. The van der Waals surface area contributed by atoms with E-state index in [1.54, 1.807) is 0 Å². The molecule has 3 heteroatoms. The second-order valence-electron chi connectivity index (χ2n) is 4.04. The molecule has 1 atom stereocenters. The van der Waals surface area contributed by atoms with Crippen LogP contribution in [0.4, 0.5) is 0 Å². The van der Waals surface area contributed by atoms with Crippen molar-refractivity contribution in [2.45, 2.75) is 20.0 Å². The number of thiophene rings is 1. The van der Waals surface area contributed by atoms with Gasteiger partial charge in [0.25, 0.3) is 0 Å². The Morgan fingerprint density at radius 1 is 1.28 bits per heavy atom. The Morgan fingerprint density at radius 2 is 2.00 bits per heavy atom. The molecule has 0 aliphatic carbocycles. The number of carbonyl (C=O) groups is 1. The highest BCUT2D eigenvalue weighted by Crippen LogP contribution is 2.26. The number of Topliss-reactive ketones (excluding diaryl/α,β-unsaturated/α-hetero) is 1. The molecule has 0 spiro atoms. The Kier molecular flexibility index (Phi) is 4.28. The fraction of sp³-hybridized carbons (Fsp3) is 0.267. The first-order chi connectivity index (χ1) is 8.74. The van der Waals surface area contributed by atoms with E-state index >= 15 is 0 Å². The summed E-state index contributed by atoms with van der Waals surface area (Å²) in [5, 5.41) is 1.94. The fourth-order valence-electron chi connectivity index (χ4n) is 1.86. The van der Waals surface area contributed by atoms with Crippen LogP contribution in [0.25, 0.3) is 0 Å². The maximum Gasteiger partial charge on any atom is 0.206 e. The summed E-state index contributed by atoms with van der Waals surface area (Å²) in [7, 11) is 0. The van der Waals surface area contributed by atoms with E-state index in [0.29, 0.717) is 6.61 Å². The van der Waals surface area contributed by atoms with Crippen molar-refractivity contribution < 1.29 is 9.53 Å². The lowest BCUT2D eigenvalue weighted by molar-refractivity contribution is 0.0456. The van der Waals surface area contributed by atoms with Gasteiger partial charge in [-0.1, -0.05) is 30.3 Å². The van der Waals surface area contributed by atoms with Crippen molar-refractivity contribution in [3.05, 3.63) is 57.8 Å². The lowest BCUT2D eigenvalue weighted by Gasteiger charge is -2.15. The number of ether oxygens (including phenoxy) is 1. The van der Waals surface area contributed by atoms with Crippen molar-refractivity contribution in [2.24, 2.45) is 0 Å². The minimum Gasteiger partial charge on any atom is -0.366 e. The first-order valence-corrected chi connectivity index (χ1v) is 6.87. The van der Waals surface area contributed by atoms with Gasteiger partial charge < -0.3 is 4.74 Å². The molecule has 1 heterocycles. The van der Waals surface area contributed by atoms with Gasteiger partial charge in [0.15, 0.2) is 0 Å². The molecule has 0 saturated heterocycles. The van der Waals surface area contributed by atoms with Crippen LogP contribution in [-0.4, -0.2) is 12.4 Å². The summed E-state index contributed by atoms with van der Waals surface area (Å²) in [5.41, 5.74) is 1.93. The van der Waals surface area contributed by atoms with Crippen LogP contribution in [0.3, 0.4) is 0 Å². The highest BCUT2D eigenvalue weighted by Gasteiger charge is 2.24. The van der Waals surface area contributed by atoms with E-state index in [0.717, 1.165) is 16.0 Å². The third kappa shape index (κ3) is 2.68. The van der Waals surface area contributed by atoms with Gasteiger partial charge in [-0.25, -0.2) is 0 Å². The Labute approximate surface area is 111 Å². The van der Waals surface area contributed by atoms with E-state index in [1.807, 2.05) is 55.6 Å². The van der Waals surface area contributed by atoms with Crippen molar-refractivity contribution in [3.8, 4) is 0 Å². The normalized spacial score (nSPS) is 12.3. The van der Waals surface area contributed by atoms with Crippen LogP contribution >= 0.6 is 11.3 Å². The van der Waals surface area contributed by atoms with Crippen molar-refractivity contribution in [1.29, 1.82) is 0 Å². The molecular weight excluding hydrogens is 244 g/mol. The predicted molar refractivity (Wildman–Crippen MR) is 74.2 cm³/mol. The summed E-state index contributed by atoms with van der Waals surface area (Å²) < 4.78 is 5.63. The highest BCUT2D eigenvalue weighted by molar-refractivity contribution is 7.12. The minimum absolute atomic E-state index is 0.0514. The second kappa shape index (κ2) is 5.94. The monoisotopic (exact) mass is 260 g/mol. The molecule has 94 valence electrons. The Balaban J connectivity index is 2.32. The summed E-state index contributed by atoms with van der Waals surface area (Å²) >= 11 is 1.48. The molecule has 18 heavy (non-hydrogen) atoms. The zero-order valence-corrected chi connectivity index (χ0v) is 11.4. The third-order valence-corrected chi connectivity index (χ3v) is 3.79. The van der Waals surface area contributed by atoms with Gasteiger partial charge in [0.05, 0.1) is 4.88 Å². The SMILES string of the molecule is CCOC(C(=O)c1sccc1C)c1ccccc1. The number of benzene rings is 1. The van der Waals surface area contributed by atoms with Gasteiger partial charge in [-0.15, -0.1) is 11.3 Å². The maximum atomic E-state index is 12.5. The largest absolute Gasteiger partial charge is 0.366 e. The minimum atomic E-state index is -0.492. The lowest BCUT2D eigenvalue weighted by Crippen LogP contribution is -2.16. The first-order valence-electron chi connectivity index (χ1n) is 5.99. The van der Waals surface area contributed by atoms with Crippen molar-refractivity contribution >= 4 is 17.1 Å².